The molecule has 0 amide bonds. The number of phosphoric acid groups is 1. The second kappa shape index (κ2) is 36.9. The van der Waals surface area contributed by atoms with Gasteiger partial charge in [-0.2, -0.15) is 0 Å². The van der Waals surface area contributed by atoms with Crippen LogP contribution in [0.25, 0.3) is 0 Å². The van der Waals surface area contributed by atoms with Gasteiger partial charge in [0, 0.05) is 13.0 Å². The molecule has 1 aliphatic rings. The van der Waals surface area contributed by atoms with Crippen molar-refractivity contribution in [3.05, 3.63) is 48.6 Å². The Morgan fingerprint density at radius 3 is 1.49 bits per heavy atom. The molecule has 1 saturated carbocycles. The monoisotopic (exact) mass is 859 g/mol. The Morgan fingerprint density at radius 2 is 1.00 bits per heavy atom. The highest BCUT2D eigenvalue weighted by Crippen LogP contribution is 2.47. The van der Waals surface area contributed by atoms with Crippen LogP contribution in [0.3, 0.4) is 0 Å². The quantitative estimate of drug-likeness (QED) is 0.0150. The van der Waals surface area contributed by atoms with E-state index in [0.717, 1.165) is 57.8 Å². The van der Waals surface area contributed by atoms with Crippen molar-refractivity contribution >= 4 is 13.8 Å². The Labute approximate surface area is 356 Å². The number of phosphoric ester groups is 1. The maximum atomic E-state index is 12.8. The predicted molar refractivity (Wildman–Crippen MR) is 235 cm³/mol. The molecule has 0 aromatic rings. The zero-order valence-electron chi connectivity index (χ0n) is 36.5. The van der Waals surface area contributed by atoms with Gasteiger partial charge in [-0.1, -0.05) is 165 Å². The van der Waals surface area contributed by atoms with Crippen LogP contribution in [0.2, 0.25) is 0 Å². The summed E-state index contributed by atoms with van der Waals surface area (Å²) in [6.45, 7) is 4.10. The highest BCUT2D eigenvalue weighted by atomic mass is 31.2. The van der Waals surface area contributed by atoms with Crippen LogP contribution in [0, 0.1) is 0 Å². The van der Waals surface area contributed by atoms with E-state index in [-0.39, 0.29) is 13.0 Å². The van der Waals surface area contributed by atoms with Crippen LogP contribution in [-0.2, 0) is 27.9 Å². The van der Waals surface area contributed by atoms with E-state index in [1.807, 2.05) is 0 Å². The molecule has 0 heterocycles. The van der Waals surface area contributed by atoms with Gasteiger partial charge in [0.2, 0.25) is 0 Å². The highest BCUT2D eigenvalue weighted by Gasteiger charge is 2.51. The van der Waals surface area contributed by atoms with Gasteiger partial charge in [-0.05, 0) is 51.4 Å². The number of allylic oxidation sites excluding steroid dienone is 8. The van der Waals surface area contributed by atoms with Crippen LogP contribution in [0.15, 0.2) is 48.6 Å². The number of ether oxygens (including phenoxy) is 2. The van der Waals surface area contributed by atoms with Gasteiger partial charge in [-0.25, -0.2) is 4.57 Å². The van der Waals surface area contributed by atoms with Gasteiger partial charge >= 0.3 is 13.8 Å². The summed E-state index contributed by atoms with van der Waals surface area (Å²) in [5, 5.41) is 50.1. The molecule has 0 saturated heterocycles. The second-order valence-electron chi connectivity index (χ2n) is 15.9. The van der Waals surface area contributed by atoms with Crippen molar-refractivity contribution < 1.29 is 58.3 Å². The summed E-state index contributed by atoms with van der Waals surface area (Å²) in [6.07, 6.45) is 31.9. The molecule has 13 heteroatoms. The summed E-state index contributed by atoms with van der Waals surface area (Å²) < 4.78 is 34.1. The lowest BCUT2D eigenvalue weighted by Crippen LogP contribution is -2.64. The molecule has 0 aromatic heterocycles. The predicted octanol–water partition coefficient (Wildman–Crippen LogP) is 9.25. The highest BCUT2D eigenvalue weighted by molar-refractivity contribution is 7.47. The molecule has 6 unspecified atom stereocenters. The number of hydrogen-bond donors (Lipinski definition) is 6. The van der Waals surface area contributed by atoms with Crippen LogP contribution in [0.1, 0.15) is 174 Å². The number of rotatable bonds is 38. The van der Waals surface area contributed by atoms with E-state index in [4.69, 9.17) is 18.5 Å². The Bertz CT molecular complexity index is 1160. The first-order valence-electron chi connectivity index (χ1n) is 23.0. The normalized spacial score (nSPS) is 22.9. The number of unbranched alkanes of at least 4 members (excludes halogenated alkanes) is 18. The van der Waals surface area contributed by atoms with E-state index >= 15 is 0 Å². The lowest BCUT2D eigenvalue weighted by atomic mass is 9.85. The number of aliphatic hydroxyl groups is 5. The third-order valence-electron chi connectivity index (χ3n) is 10.5. The van der Waals surface area contributed by atoms with E-state index < -0.39 is 63.1 Å². The van der Waals surface area contributed by atoms with E-state index in [1.54, 1.807) is 0 Å². The standard InChI is InChI=1S/C46H83O12P/c1-3-5-7-9-11-13-15-17-19-20-22-24-26-28-30-32-34-36-55-37-39(38-56-59(53,54)58-46-44(51)42(49)41(48)43(50)45(46)52)57-40(47)35-33-31-29-27-25-23-21-18-16-14-12-10-8-6-4-2/h6,8,12,14,18,21,25,27,39,41-46,48-52H,3-5,7,9-11,13,15-17,19-20,22-24,26,28-38H2,1-2H3,(H,53,54)/b8-6-,14-12-,21-18-,27-25-. The van der Waals surface area contributed by atoms with Gasteiger partial charge in [0.25, 0.3) is 0 Å². The summed E-state index contributed by atoms with van der Waals surface area (Å²) >= 11 is 0. The van der Waals surface area contributed by atoms with Gasteiger partial charge in [-0.15, -0.1) is 0 Å². The maximum absolute atomic E-state index is 12.8. The molecule has 0 aromatic carbocycles. The number of esters is 1. The number of hydrogen-bond acceptors (Lipinski definition) is 11. The smallest absolute Gasteiger partial charge is 0.457 e. The molecular formula is C46H83O12P. The average Bonchev–Trinajstić information content (AvgIpc) is 3.22. The summed E-state index contributed by atoms with van der Waals surface area (Å²) in [4.78, 5) is 23.1. The minimum Gasteiger partial charge on any atom is -0.457 e. The van der Waals surface area contributed by atoms with Crippen molar-refractivity contribution in [2.75, 3.05) is 19.8 Å². The third-order valence-corrected chi connectivity index (χ3v) is 11.5. The first-order valence-corrected chi connectivity index (χ1v) is 24.5. The van der Waals surface area contributed by atoms with Crippen molar-refractivity contribution in [2.45, 2.75) is 217 Å². The number of aliphatic hydroxyl groups excluding tert-OH is 5. The molecule has 59 heavy (non-hydrogen) atoms. The zero-order valence-corrected chi connectivity index (χ0v) is 37.4. The minimum absolute atomic E-state index is 0.0924. The fraction of sp³-hybridized carbons (Fsp3) is 0.804. The van der Waals surface area contributed by atoms with E-state index in [0.29, 0.717) is 13.0 Å². The summed E-state index contributed by atoms with van der Waals surface area (Å²) in [6, 6.07) is 0. The molecular weight excluding hydrogens is 775 g/mol. The summed E-state index contributed by atoms with van der Waals surface area (Å²) in [5.74, 6) is -0.516. The lowest BCUT2D eigenvalue weighted by molar-refractivity contribution is -0.220. The van der Waals surface area contributed by atoms with Gasteiger partial charge in [-0.3, -0.25) is 13.8 Å². The van der Waals surface area contributed by atoms with Crippen LogP contribution < -0.4 is 0 Å². The molecule has 0 radical (unpaired) electrons. The van der Waals surface area contributed by atoms with Crippen LogP contribution >= 0.6 is 7.82 Å². The Morgan fingerprint density at radius 1 is 0.559 bits per heavy atom. The maximum Gasteiger partial charge on any atom is 0.472 e. The largest absolute Gasteiger partial charge is 0.472 e. The van der Waals surface area contributed by atoms with Crippen molar-refractivity contribution in [3.63, 3.8) is 0 Å². The Balaban J connectivity index is 2.42. The van der Waals surface area contributed by atoms with Gasteiger partial charge in [0.15, 0.2) is 0 Å². The Hall–Kier alpha value is -1.70. The third kappa shape index (κ3) is 29.3. The van der Waals surface area contributed by atoms with Crippen molar-refractivity contribution in [1.29, 1.82) is 0 Å². The summed E-state index contributed by atoms with van der Waals surface area (Å²) in [5.41, 5.74) is 0. The zero-order chi connectivity index (χ0) is 43.4. The average molecular weight is 859 g/mol. The topological polar surface area (TPSA) is 192 Å². The van der Waals surface area contributed by atoms with Crippen LogP contribution in [0.4, 0.5) is 0 Å². The molecule has 344 valence electrons. The molecule has 0 spiro atoms. The number of carbonyl (C=O) groups is 1. The minimum atomic E-state index is -5.03. The molecule has 1 rings (SSSR count). The molecule has 0 aliphatic heterocycles. The first-order chi connectivity index (χ1) is 28.5. The van der Waals surface area contributed by atoms with Gasteiger partial charge < -0.3 is 39.9 Å². The SMILES string of the molecule is CC/C=C\C/C=C\C/C=C\C/C=C\CCCCC(=O)OC(COCCCCCCCCCCCCCCCCCCC)COP(=O)(O)OC1C(O)C(O)C(O)C(O)C1O. The molecule has 1 aliphatic carbocycles. The van der Waals surface area contributed by atoms with E-state index in [9.17, 15) is 39.8 Å². The lowest BCUT2D eigenvalue weighted by Gasteiger charge is -2.41. The fourth-order valence-corrected chi connectivity index (χ4v) is 7.79. The second-order valence-corrected chi connectivity index (χ2v) is 17.3. The first kappa shape index (κ1) is 55.3. The van der Waals surface area contributed by atoms with Crippen molar-refractivity contribution in [1.82, 2.24) is 0 Å². The molecule has 0 bridgehead atoms. The van der Waals surface area contributed by atoms with E-state index in [2.05, 4.69) is 62.5 Å². The van der Waals surface area contributed by atoms with Gasteiger partial charge in [0.1, 0.15) is 42.7 Å². The molecule has 6 N–H and O–H groups in total. The number of carbonyl (C=O) groups excluding carboxylic acids is 1. The molecule has 1 fully saturated rings. The van der Waals surface area contributed by atoms with Crippen molar-refractivity contribution in [3.8, 4) is 0 Å². The fourth-order valence-electron chi connectivity index (χ4n) is 6.82. The van der Waals surface area contributed by atoms with Crippen molar-refractivity contribution in [2.24, 2.45) is 0 Å². The molecule has 12 nitrogen and oxygen atoms in total. The van der Waals surface area contributed by atoms with Crippen LogP contribution in [0.5, 0.6) is 0 Å². The Kier molecular flexibility index (Phi) is 34.6. The van der Waals surface area contributed by atoms with Gasteiger partial charge in [0.05, 0.1) is 13.2 Å². The van der Waals surface area contributed by atoms with E-state index in [1.165, 1.54) is 89.9 Å². The molecule has 6 atom stereocenters. The van der Waals surface area contributed by atoms with Crippen LogP contribution in [-0.4, -0.2) is 98.9 Å². The summed E-state index contributed by atoms with van der Waals surface area (Å²) in [7, 11) is -5.03.